The summed E-state index contributed by atoms with van der Waals surface area (Å²) in [6, 6.07) is 0. The molecule has 106 heavy (non-hydrogen) atoms. The fourth-order valence-electron chi connectivity index (χ4n) is 10.2. The Kier molecular flexibility index (Phi) is 73.9. The van der Waals surface area contributed by atoms with Crippen molar-refractivity contribution in [1.82, 2.24) is 0 Å². The average Bonchev–Trinajstić information content (AvgIpc) is 0.902. The highest BCUT2D eigenvalue weighted by Crippen LogP contribution is 2.45. The van der Waals surface area contributed by atoms with Gasteiger partial charge in [0.2, 0.25) is 0 Å². The van der Waals surface area contributed by atoms with E-state index in [9.17, 15) is 43.2 Å². The number of carbonyl (C=O) groups excluding carboxylic acids is 4. The molecule has 2 unspecified atom stereocenters. The molecular formula is C87H144O17P2. The third-order valence-corrected chi connectivity index (χ3v) is 18.3. The summed E-state index contributed by atoms with van der Waals surface area (Å²) in [4.78, 5) is 73.1. The van der Waals surface area contributed by atoms with Crippen LogP contribution in [0, 0.1) is 0 Å². The van der Waals surface area contributed by atoms with Gasteiger partial charge in [0.1, 0.15) is 19.3 Å². The molecular weight excluding hydrogens is 1380 g/mol. The third kappa shape index (κ3) is 76.9. The van der Waals surface area contributed by atoms with Gasteiger partial charge in [0.25, 0.3) is 0 Å². The molecule has 0 fully saturated rings. The summed E-state index contributed by atoms with van der Waals surface area (Å²) in [5, 5.41) is 10.7. The number of phosphoric acid groups is 2. The number of carbonyl (C=O) groups is 4. The van der Waals surface area contributed by atoms with E-state index >= 15 is 0 Å². The first kappa shape index (κ1) is 101. The van der Waals surface area contributed by atoms with E-state index in [0.29, 0.717) is 32.1 Å². The summed E-state index contributed by atoms with van der Waals surface area (Å²) in [7, 11) is -10.0. The minimum absolute atomic E-state index is 0.00566. The van der Waals surface area contributed by atoms with Crippen LogP contribution in [0.3, 0.4) is 0 Å². The first-order chi connectivity index (χ1) is 51.7. The second kappa shape index (κ2) is 77.8. The largest absolute Gasteiger partial charge is 0.472 e. The highest BCUT2D eigenvalue weighted by atomic mass is 31.2. The van der Waals surface area contributed by atoms with E-state index < -0.39 is 97.5 Å². The molecule has 0 aromatic carbocycles. The van der Waals surface area contributed by atoms with E-state index in [4.69, 9.17) is 37.0 Å². The number of hydrogen-bond acceptors (Lipinski definition) is 15. The molecule has 604 valence electrons. The first-order valence-corrected chi connectivity index (χ1v) is 43.7. The molecule has 0 heterocycles. The minimum atomic E-state index is -5.01. The summed E-state index contributed by atoms with van der Waals surface area (Å²) in [6.07, 6.45) is 90.8. The Labute approximate surface area is 642 Å². The van der Waals surface area contributed by atoms with Gasteiger partial charge in [0, 0.05) is 25.7 Å². The lowest BCUT2D eigenvalue weighted by molar-refractivity contribution is -0.161. The molecule has 0 bridgehead atoms. The maximum absolute atomic E-state index is 13.1. The van der Waals surface area contributed by atoms with Crippen molar-refractivity contribution in [2.24, 2.45) is 0 Å². The second-order valence-electron chi connectivity index (χ2n) is 26.6. The number of aliphatic hydroxyl groups is 1. The lowest BCUT2D eigenvalue weighted by Gasteiger charge is -2.21. The van der Waals surface area contributed by atoms with Gasteiger partial charge in [0.05, 0.1) is 26.4 Å². The molecule has 0 saturated carbocycles. The second-order valence-corrected chi connectivity index (χ2v) is 29.5. The van der Waals surface area contributed by atoms with Gasteiger partial charge in [-0.15, -0.1) is 0 Å². The number of ether oxygens (including phenoxy) is 4. The number of esters is 4. The zero-order chi connectivity index (χ0) is 77.4. The Balaban J connectivity index is 5.49. The van der Waals surface area contributed by atoms with Crippen molar-refractivity contribution in [2.75, 3.05) is 39.6 Å². The van der Waals surface area contributed by atoms with Crippen LogP contribution in [0.4, 0.5) is 0 Å². The Morgan fingerprint density at radius 1 is 0.274 bits per heavy atom. The number of rotatable bonds is 75. The van der Waals surface area contributed by atoms with Gasteiger partial charge in [-0.3, -0.25) is 37.3 Å². The van der Waals surface area contributed by atoms with Gasteiger partial charge < -0.3 is 33.8 Å². The zero-order valence-electron chi connectivity index (χ0n) is 66.1. The Bertz CT molecular complexity index is 2630. The lowest BCUT2D eigenvalue weighted by atomic mass is 10.1. The van der Waals surface area contributed by atoms with Gasteiger partial charge in [-0.1, -0.05) is 269 Å². The van der Waals surface area contributed by atoms with Crippen LogP contribution in [0.25, 0.3) is 0 Å². The molecule has 0 radical (unpaired) electrons. The number of hydrogen-bond donors (Lipinski definition) is 3. The molecule has 0 amide bonds. The number of unbranched alkanes of at least 4 members (excludes halogenated alkanes) is 23. The molecule has 0 aromatic heterocycles. The van der Waals surface area contributed by atoms with Gasteiger partial charge in [-0.2, -0.15) is 0 Å². The van der Waals surface area contributed by atoms with Crippen LogP contribution in [-0.2, 0) is 65.4 Å². The fourth-order valence-corrected chi connectivity index (χ4v) is 11.8. The van der Waals surface area contributed by atoms with Crippen molar-refractivity contribution in [2.45, 2.75) is 329 Å². The standard InChI is InChI=1S/C87H144O17P2/c1-5-9-13-17-21-25-29-33-37-39-40-42-45-48-52-56-60-64-68-72-85(90)98-78-83(104-87(92)74-70-66-62-58-54-50-46-41-38-34-30-26-22-18-14-10-6-2)80-102-106(95,96)100-76-81(88)75-99-105(93,94)101-79-82(103-86(91)73-69-65-61-57-53-49-44-36-32-28-24-20-16-12-8-4)77-97-84(89)71-67-63-59-55-51-47-43-35-31-27-23-19-15-11-7-3/h9,13,21-28,33-38,40,42-44,46,48,50,52,58,62,81-83,88H,5-8,10-12,14-20,29-32,39,41,45,47,49,51,53-57,59-61,63-80H2,1-4H3,(H,93,94)(H,95,96)/b13-9-,25-21-,26-22-,27-23-,28-24-,37-33-,38-34-,42-40-,43-35-,44-36-,50-46-,52-48-,62-58-/t81-,82+,83+/m0/s1. The van der Waals surface area contributed by atoms with E-state index in [0.717, 1.165) is 167 Å². The summed E-state index contributed by atoms with van der Waals surface area (Å²) >= 11 is 0. The predicted octanol–water partition coefficient (Wildman–Crippen LogP) is 24.0. The van der Waals surface area contributed by atoms with E-state index in [2.05, 4.69) is 174 Å². The first-order valence-electron chi connectivity index (χ1n) is 40.7. The van der Waals surface area contributed by atoms with Crippen molar-refractivity contribution >= 4 is 39.5 Å². The third-order valence-electron chi connectivity index (χ3n) is 16.4. The Hall–Kier alpha value is -5.32. The molecule has 0 spiro atoms. The van der Waals surface area contributed by atoms with E-state index in [1.807, 2.05) is 12.2 Å². The topological polar surface area (TPSA) is 237 Å². The van der Waals surface area contributed by atoms with Gasteiger partial charge in [-0.05, 0) is 173 Å². The molecule has 3 N–H and O–H groups in total. The van der Waals surface area contributed by atoms with Crippen molar-refractivity contribution in [3.63, 3.8) is 0 Å². The van der Waals surface area contributed by atoms with E-state index in [-0.39, 0.29) is 25.7 Å². The van der Waals surface area contributed by atoms with Crippen LogP contribution in [0.5, 0.6) is 0 Å². The lowest BCUT2D eigenvalue weighted by Crippen LogP contribution is -2.30. The van der Waals surface area contributed by atoms with Crippen molar-refractivity contribution in [1.29, 1.82) is 0 Å². The normalized spacial score (nSPS) is 14.7. The van der Waals surface area contributed by atoms with Crippen LogP contribution < -0.4 is 0 Å². The van der Waals surface area contributed by atoms with Crippen molar-refractivity contribution in [3.05, 3.63) is 158 Å². The summed E-state index contributed by atoms with van der Waals surface area (Å²) in [5.41, 5.74) is 0. The van der Waals surface area contributed by atoms with Gasteiger partial charge in [-0.25, -0.2) is 9.13 Å². The molecule has 0 aliphatic rings. The highest BCUT2D eigenvalue weighted by molar-refractivity contribution is 7.47. The molecule has 0 aliphatic carbocycles. The molecule has 19 heteroatoms. The number of aliphatic hydroxyl groups excluding tert-OH is 1. The van der Waals surface area contributed by atoms with Crippen LogP contribution in [-0.4, -0.2) is 96.7 Å². The summed E-state index contributed by atoms with van der Waals surface area (Å²) in [5.74, 6) is -2.31. The fraction of sp³-hybridized carbons (Fsp3) is 0.655. The Morgan fingerprint density at radius 2 is 0.500 bits per heavy atom. The number of phosphoric ester groups is 2. The zero-order valence-corrected chi connectivity index (χ0v) is 67.8. The average molecular weight is 1520 g/mol. The SMILES string of the molecule is CC/C=C\C/C=C\C/C=C\C/C=C\C/C=C\CCCCCC(=O)OC[C@H](COP(=O)(O)OC[C@@H](O)COP(=O)(O)OC[C@@H](COC(=O)CCCCCCC/C=C\C/C=C\CCCCC)OC(=O)CCCCCCC/C=C\C/C=C\CCCCC)OC(=O)CCC/C=C\C/C=C\C/C=C\C/C=C\CCCCC. The maximum atomic E-state index is 13.1. The van der Waals surface area contributed by atoms with Crippen LogP contribution in [0.15, 0.2) is 158 Å². The summed E-state index contributed by atoms with van der Waals surface area (Å²) < 4.78 is 68.6. The minimum Gasteiger partial charge on any atom is -0.462 e. The molecule has 0 aliphatic heterocycles. The van der Waals surface area contributed by atoms with Crippen molar-refractivity contribution < 1.29 is 80.2 Å². The number of allylic oxidation sites excluding steroid dienone is 26. The molecule has 17 nitrogen and oxygen atoms in total. The molecule has 0 saturated heterocycles. The highest BCUT2D eigenvalue weighted by Gasteiger charge is 2.30. The predicted molar refractivity (Wildman–Crippen MR) is 436 cm³/mol. The molecule has 0 aromatic rings. The smallest absolute Gasteiger partial charge is 0.462 e. The van der Waals surface area contributed by atoms with Crippen LogP contribution >= 0.6 is 15.6 Å². The van der Waals surface area contributed by atoms with Gasteiger partial charge >= 0.3 is 39.5 Å². The van der Waals surface area contributed by atoms with Crippen molar-refractivity contribution in [3.8, 4) is 0 Å². The monoisotopic (exact) mass is 1520 g/mol. The van der Waals surface area contributed by atoms with E-state index in [1.54, 1.807) is 0 Å². The van der Waals surface area contributed by atoms with Gasteiger partial charge in [0.15, 0.2) is 12.2 Å². The van der Waals surface area contributed by atoms with Crippen LogP contribution in [0.2, 0.25) is 0 Å². The molecule has 0 rings (SSSR count). The maximum Gasteiger partial charge on any atom is 0.472 e. The Morgan fingerprint density at radius 3 is 0.802 bits per heavy atom. The van der Waals surface area contributed by atoms with Crippen LogP contribution in [0.1, 0.15) is 310 Å². The summed E-state index contributed by atoms with van der Waals surface area (Å²) in [6.45, 7) is 4.55. The quantitative estimate of drug-likeness (QED) is 0.0169. The molecule has 5 atom stereocenters. The van der Waals surface area contributed by atoms with E-state index in [1.165, 1.54) is 57.8 Å².